The molecule has 0 fully saturated rings. The Morgan fingerprint density at radius 1 is 1.36 bits per heavy atom. The van der Waals surface area contributed by atoms with Gasteiger partial charge >= 0.3 is 0 Å². The molecule has 1 aliphatic rings. The molecule has 0 saturated carbocycles. The van der Waals surface area contributed by atoms with Gasteiger partial charge in [-0.1, -0.05) is 23.2 Å². The molecule has 0 spiro atoms. The predicted molar refractivity (Wildman–Crippen MR) is 84.9 cm³/mol. The lowest BCUT2D eigenvalue weighted by Gasteiger charge is -2.35. The summed E-state index contributed by atoms with van der Waals surface area (Å²) in [7, 11) is 0. The molecule has 22 heavy (non-hydrogen) atoms. The van der Waals surface area contributed by atoms with Crippen LogP contribution in [0.25, 0.3) is 0 Å². The van der Waals surface area contributed by atoms with E-state index in [4.69, 9.17) is 23.2 Å². The summed E-state index contributed by atoms with van der Waals surface area (Å²) in [5.41, 5.74) is 2.25. The van der Waals surface area contributed by atoms with Gasteiger partial charge in [0, 0.05) is 13.0 Å². The molecule has 0 unspecified atom stereocenters. The highest BCUT2D eigenvalue weighted by atomic mass is 35.5. The number of amides is 1. The maximum atomic E-state index is 12.5. The van der Waals surface area contributed by atoms with Crippen molar-refractivity contribution in [3.63, 3.8) is 0 Å². The first-order valence-corrected chi connectivity index (χ1v) is 7.91. The van der Waals surface area contributed by atoms with E-state index in [2.05, 4.69) is 10.1 Å². The minimum absolute atomic E-state index is 0.00163. The number of halogens is 2. The topological polar surface area (TPSA) is 51.0 Å². The lowest BCUT2D eigenvalue weighted by molar-refractivity contribution is -0.134. The standard InChI is InChI=1S/C15H16Cl2N4O/c1-10-12-7-14(17)13(16)6-11(12)2-5-21(10)15(22)3-4-20-9-18-8-19-20/h6-10H,2-5H2,1H3/t10-/m0/s1. The molecule has 0 saturated heterocycles. The van der Waals surface area contributed by atoms with E-state index in [1.807, 2.05) is 24.0 Å². The van der Waals surface area contributed by atoms with Gasteiger partial charge < -0.3 is 4.90 Å². The van der Waals surface area contributed by atoms with E-state index in [0.29, 0.717) is 29.6 Å². The van der Waals surface area contributed by atoms with Crippen LogP contribution < -0.4 is 0 Å². The molecule has 3 rings (SSSR count). The van der Waals surface area contributed by atoms with Crippen LogP contribution in [0, 0.1) is 0 Å². The Morgan fingerprint density at radius 2 is 2.14 bits per heavy atom. The van der Waals surface area contributed by atoms with Crippen molar-refractivity contribution in [3.8, 4) is 0 Å². The molecule has 116 valence electrons. The normalized spacial score (nSPS) is 17.4. The van der Waals surface area contributed by atoms with Crippen LogP contribution in [0.1, 0.15) is 30.5 Å². The zero-order chi connectivity index (χ0) is 15.7. The summed E-state index contributed by atoms with van der Waals surface area (Å²) in [5, 5.41) is 5.11. The molecule has 0 bridgehead atoms. The van der Waals surface area contributed by atoms with Gasteiger partial charge in [0.25, 0.3) is 0 Å². The van der Waals surface area contributed by atoms with Gasteiger partial charge in [0.2, 0.25) is 5.91 Å². The SMILES string of the molecule is C[C@H]1c2cc(Cl)c(Cl)cc2CCN1C(=O)CCn1cncn1. The average Bonchev–Trinajstić information content (AvgIpc) is 3.01. The lowest BCUT2D eigenvalue weighted by Crippen LogP contribution is -2.39. The molecule has 2 heterocycles. The third-order valence-corrected chi connectivity index (χ3v) is 4.79. The summed E-state index contributed by atoms with van der Waals surface area (Å²) < 4.78 is 1.66. The van der Waals surface area contributed by atoms with Gasteiger partial charge in [-0.05, 0) is 36.6 Å². The Balaban J connectivity index is 1.73. The van der Waals surface area contributed by atoms with E-state index in [1.54, 1.807) is 11.0 Å². The van der Waals surface area contributed by atoms with E-state index in [0.717, 1.165) is 12.0 Å². The van der Waals surface area contributed by atoms with Gasteiger partial charge in [-0.3, -0.25) is 9.48 Å². The van der Waals surface area contributed by atoms with Crippen molar-refractivity contribution in [1.82, 2.24) is 19.7 Å². The van der Waals surface area contributed by atoms with Gasteiger partial charge in [-0.15, -0.1) is 0 Å². The molecular formula is C15H16Cl2N4O. The lowest BCUT2D eigenvalue weighted by atomic mass is 9.93. The first-order valence-electron chi connectivity index (χ1n) is 7.16. The highest BCUT2D eigenvalue weighted by molar-refractivity contribution is 6.42. The quantitative estimate of drug-likeness (QED) is 0.863. The largest absolute Gasteiger partial charge is 0.336 e. The summed E-state index contributed by atoms with van der Waals surface area (Å²) in [6.45, 7) is 3.26. The molecule has 1 aromatic carbocycles. The molecule has 1 aromatic heterocycles. The Bertz CT molecular complexity index is 687. The van der Waals surface area contributed by atoms with E-state index in [9.17, 15) is 4.79 Å². The molecule has 0 aliphatic carbocycles. The minimum Gasteiger partial charge on any atom is -0.336 e. The second-order valence-corrected chi connectivity index (χ2v) is 6.20. The number of hydrogen-bond donors (Lipinski definition) is 0. The van der Waals surface area contributed by atoms with Crippen molar-refractivity contribution in [1.29, 1.82) is 0 Å². The molecule has 5 nitrogen and oxygen atoms in total. The zero-order valence-corrected chi connectivity index (χ0v) is 13.7. The number of carbonyl (C=O) groups excluding carboxylic acids is 1. The smallest absolute Gasteiger partial charge is 0.224 e. The van der Waals surface area contributed by atoms with Crippen LogP contribution in [-0.2, 0) is 17.8 Å². The number of carbonyl (C=O) groups is 1. The Labute approximate surface area is 138 Å². The number of hydrogen-bond acceptors (Lipinski definition) is 3. The van der Waals surface area contributed by atoms with Crippen molar-refractivity contribution < 1.29 is 4.79 Å². The summed E-state index contributed by atoms with van der Waals surface area (Å²) in [6.07, 6.45) is 4.29. The Morgan fingerprint density at radius 3 is 2.86 bits per heavy atom. The summed E-state index contributed by atoms with van der Waals surface area (Å²) in [5.74, 6) is 0.111. The van der Waals surface area contributed by atoms with E-state index < -0.39 is 0 Å². The molecule has 2 aromatic rings. The van der Waals surface area contributed by atoms with Crippen molar-refractivity contribution in [3.05, 3.63) is 46.0 Å². The average molecular weight is 339 g/mol. The van der Waals surface area contributed by atoms with Crippen LogP contribution in [-0.4, -0.2) is 32.1 Å². The fourth-order valence-corrected chi connectivity index (χ4v) is 3.21. The first kappa shape index (κ1) is 15.3. The van der Waals surface area contributed by atoms with Crippen LogP contribution in [0.5, 0.6) is 0 Å². The maximum Gasteiger partial charge on any atom is 0.224 e. The van der Waals surface area contributed by atoms with Gasteiger partial charge in [0.1, 0.15) is 12.7 Å². The number of aromatic nitrogens is 3. The second kappa shape index (κ2) is 6.26. The molecule has 7 heteroatoms. The molecule has 0 radical (unpaired) electrons. The number of nitrogens with zero attached hydrogens (tertiary/aromatic N) is 4. The summed E-state index contributed by atoms with van der Waals surface area (Å²) in [6, 6.07) is 3.79. The minimum atomic E-state index is 0.00163. The number of rotatable bonds is 3. The monoisotopic (exact) mass is 338 g/mol. The van der Waals surface area contributed by atoms with Crippen molar-refractivity contribution in [2.75, 3.05) is 6.54 Å². The third kappa shape index (κ3) is 2.96. The highest BCUT2D eigenvalue weighted by Gasteiger charge is 2.28. The first-order chi connectivity index (χ1) is 10.6. The predicted octanol–water partition coefficient (Wildman–Crippen LogP) is 3.12. The van der Waals surface area contributed by atoms with Crippen LogP contribution in [0.4, 0.5) is 0 Å². The van der Waals surface area contributed by atoms with Crippen molar-refractivity contribution in [2.45, 2.75) is 32.4 Å². The number of fused-ring (bicyclic) bond motifs is 1. The molecule has 0 N–H and O–H groups in total. The molecule has 1 atom stereocenters. The van der Waals surface area contributed by atoms with E-state index >= 15 is 0 Å². The Hall–Kier alpha value is -1.59. The second-order valence-electron chi connectivity index (χ2n) is 5.39. The van der Waals surface area contributed by atoms with Crippen molar-refractivity contribution >= 4 is 29.1 Å². The molecular weight excluding hydrogens is 323 g/mol. The third-order valence-electron chi connectivity index (χ3n) is 4.06. The molecule has 1 aliphatic heterocycles. The van der Waals surface area contributed by atoms with Crippen LogP contribution >= 0.6 is 23.2 Å². The van der Waals surface area contributed by atoms with Crippen LogP contribution in [0.15, 0.2) is 24.8 Å². The highest BCUT2D eigenvalue weighted by Crippen LogP contribution is 2.35. The maximum absolute atomic E-state index is 12.5. The van der Waals surface area contributed by atoms with Gasteiger partial charge in [0.05, 0.1) is 22.6 Å². The summed E-state index contributed by atoms with van der Waals surface area (Å²) in [4.78, 5) is 18.2. The van der Waals surface area contributed by atoms with Crippen LogP contribution in [0.3, 0.4) is 0 Å². The summed E-state index contributed by atoms with van der Waals surface area (Å²) >= 11 is 12.2. The number of benzene rings is 1. The van der Waals surface area contributed by atoms with E-state index in [-0.39, 0.29) is 11.9 Å². The van der Waals surface area contributed by atoms with E-state index in [1.165, 1.54) is 11.9 Å². The zero-order valence-electron chi connectivity index (χ0n) is 12.2. The fraction of sp³-hybridized carbons (Fsp3) is 0.400. The van der Waals surface area contributed by atoms with Crippen LogP contribution in [0.2, 0.25) is 10.0 Å². The Kier molecular flexibility index (Phi) is 4.36. The fourth-order valence-electron chi connectivity index (χ4n) is 2.85. The van der Waals surface area contributed by atoms with Gasteiger partial charge in [-0.25, -0.2) is 4.98 Å². The van der Waals surface area contributed by atoms with Gasteiger partial charge in [-0.2, -0.15) is 5.10 Å². The van der Waals surface area contributed by atoms with Gasteiger partial charge in [0.15, 0.2) is 0 Å². The van der Waals surface area contributed by atoms with Crippen molar-refractivity contribution in [2.24, 2.45) is 0 Å². The number of aryl methyl sites for hydroxylation is 1. The molecule has 1 amide bonds.